The third-order valence-corrected chi connectivity index (χ3v) is 7.52. The molecule has 1 atom stereocenters. The summed E-state index contributed by atoms with van der Waals surface area (Å²) < 4.78 is 0. The first-order valence-electron chi connectivity index (χ1n) is 9.82. The van der Waals surface area contributed by atoms with Gasteiger partial charge in [0.2, 0.25) is 0 Å². The Balaban J connectivity index is 1.35. The Morgan fingerprint density at radius 3 is 2.27 bits per heavy atom. The molecule has 0 aromatic carbocycles. The predicted octanol–water partition coefficient (Wildman–Crippen LogP) is 2.72. The second kappa shape index (κ2) is 6.07. The van der Waals surface area contributed by atoms with Gasteiger partial charge in [-0.25, -0.2) is 0 Å². The number of nitrogens with one attached hydrogen (secondary N) is 1. The molecule has 3 aliphatic heterocycles. The van der Waals surface area contributed by atoms with E-state index in [-0.39, 0.29) is 0 Å². The molecule has 0 aromatic rings. The number of hydrogen-bond donors (Lipinski definition) is 1. The second-order valence-electron chi connectivity index (χ2n) is 9.04. The fraction of sp³-hybridized carbons (Fsp3) is 1.00. The number of likely N-dealkylation sites (tertiary alicyclic amines) is 2. The van der Waals surface area contributed by atoms with E-state index in [0.29, 0.717) is 5.41 Å². The van der Waals surface area contributed by atoms with Crippen molar-refractivity contribution < 1.29 is 0 Å². The lowest BCUT2D eigenvalue weighted by Gasteiger charge is -2.49. The summed E-state index contributed by atoms with van der Waals surface area (Å²) in [5, 5.41) is 3.55. The third-order valence-electron chi connectivity index (χ3n) is 7.52. The molecule has 4 fully saturated rings. The fourth-order valence-corrected chi connectivity index (χ4v) is 6.09. The minimum atomic E-state index is 0.650. The summed E-state index contributed by atoms with van der Waals surface area (Å²) in [6, 6.07) is 0.906. The summed E-state index contributed by atoms with van der Waals surface area (Å²) in [6.45, 7) is 8.00. The van der Waals surface area contributed by atoms with Crippen molar-refractivity contribution in [1.82, 2.24) is 15.1 Å². The van der Waals surface area contributed by atoms with Gasteiger partial charge >= 0.3 is 0 Å². The van der Waals surface area contributed by atoms with Gasteiger partial charge in [0.1, 0.15) is 0 Å². The standard InChI is InChI=1S/C19H35N3/c1-21-14-10-19(15-21)5-2-13-22(16-19)17-3-6-18(7-4-17)8-11-20-12-9-18/h17,20H,2-16H2,1H3. The van der Waals surface area contributed by atoms with Crippen molar-refractivity contribution in [2.24, 2.45) is 10.8 Å². The van der Waals surface area contributed by atoms with E-state index in [1.165, 1.54) is 97.1 Å². The minimum Gasteiger partial charge on any atom is -0.317 e. The second-order valence-corrected chi connectivity index (χ2v) is 9.04. The van der Waals surface area contributed by atoms with Crippen LogP contribution in [0.4, 0.5) is 0 Å². The Labute approximate surface area is 136 Å². The summed E-state index contributed by atoms with van der Waals surface area (Å²) in [6.07, 6.45) is 13.2. The molecule has 1 aliphatic carbocycles. The summed E-state index contributed by atoms with van der Waals surface area (Å²) in [5.41, 5.74) is 1.37. The van der Waals surface area contributed by atoms with E-state index in [0.717, 1.165) is 11.5 Å². The van der Waals surface area contributed by atoms with E-state index in [4.69, 9.17) is 0 Å². The zero-order valence-electron chi connectivity index (χ0n) is 14.6. The van der Waals surface area contributed by atoms with Gasteiger partial charge in [0.05, 0.1) is 0 Å². The highest BCUT2D eigenvalue weighted by molar-refractivity contribution is 4.98. The van der Waals surface area contributed by atoms with Gasteiger partial charge in [-0.1, -0.05) is 0 Å². The van der Waals surface area contributed by atoms with Crippen LogP contribution < -0.4 is 5.32 Å². The quantitative estimate of drug-likeness (QED) is 0.803. The minimum absolute atomic E-state index is 0.650. The third kappa shape index (κ3) is 2.97. The van der Waals surface area contributed by atoms with Crippen LogP contribution in [0.5, 0.6) is 0 Å². The Bertz CT molecular complexity index is 376. The van der Waals surface area contributed by atoms with Crippen LogP contribution >= 0.6 is 0 Å². The van der Waals surface area contributed by atoms with Crippen LogP contribution in [0.3, 0.4) is 0 Å². The lowest BCUT2D eigenvalue weighted by atomic mass is 9.66. The molecule has 1 unspecified atom stereocenters. The van der Waals surface area contributed by atoms with Gasteiger partial charge in [0, 0.05) is 19.1 Å². The Morgan fingerprint density at radius 2 is 1.59 bits per heavy atom. The molecule has 22 heavy (non-hydrogen) atoms. The van der Waals surface area contributed by atoms with Crippen LogP contribution in [0.1, 0.15) is 57.8 Å². The van der Waals surface area contributed by atoms with Crippen molar-refractivity contribution in [2.75, 3.05) is 46.3 Å². The van der Waals surface area contributed by atoms with Crippen molar-refractivity contribution in [3.63, 3.8) is 0 Å². The van der Waals surface area contributed by atoms with Crippen molar-refractivity contribution >= 4 is 0 Å². The Morgan fingerprint density at radius 1 is 0.818 bits per heavy atom. The summed E-state index contributed by atoms with van der Waals surface area (Å²) in [7, 11) is 2.31. The molecule has 0 radical (unpaired) electrons. The number of nitrogens with zero attached hydrogens (tertiary/aromatic N) is 2. The van der Waals surface area contributed by atoms with Gasteiger partial charge in [-0.2, -0.15) is 0 Å². The van der Waals surface area contributed by atoms with Gasteiger partial charge in [-0.15, -0.1) is 0 Å². The molecule has 3 saturated heterocycles. The Kier molecular flexibility index (Phi) is 4.25. The molecule has 1 N–H and O–H groups in total. The van der Waals surface area contributed by atoms with E-state index in [2.05, 4.69) is 22.2 Å². The smallest absolute Gasteiger partial charge is 0.00959 e. The fourth-order valence-electron chi connectivity index (χ4n) is 6.09. The molecule has 1 saturated carbocycles. The zero-order valence-corrected chi connectivity index (χ0v) is 14.6. The van der Waals surface area contributed by atoms with Gasteiger partial charge in [0.25, 0.3) is 0 Å². The summed E-state index contributed by atoms with van der Waals surface area (Å²) in [5.74, 6) is 0. The maximum Gasteiger partial charge on any atom is 0.00959 e. The SMILES string of the molecule is CN1CCC2(CCCN(C3CCC4(CCNCC4)CC3)C2)C1. The van der Waals surface area contributed by atoms with Gasteiger partial charge < -0.3 is 10.2 Å². The monoisotopic (exact) mass is 305 g/mol. The first-order chi connectivity index (χ1) is 10.7. The number of rotatable bonds is 1. The number of piperidine rings is 2. The summed E-state index contributed by atoms with van der Waals surface area (Å²) in [4.78, 5) is 5.48. The van der Waals surface area contributed by atoms with E-state index < -0.39 is 0 Å². The zero-order chi connectivity index (χ0) is 15.0. The molecule has 3 heterocycles. The van der Waals surface area contributed by atoms with Crippen LogP contribution in [0.25, 0.3) is 0 Å². The van der Waals surface area contributed by atoms with Gasteiger partial charge in [0.15, 0.2) is 0 Å². The Hall–Kier alpha value is -0.120. The number of hydrogen-bond acceptors (Lipinski definition) is 3. The van der Waals surface area contributed by atoms with Gasteiger partial charge in [-0.3, -0.25) is 4.90 Å². The highest BCUT2D eigenvalue weighted by Crippen LogP contribution is 2.46. The van der Waals surface area contributed by atoms with Crippen molar-refractivity contribution in [1.29, 1.82) is 0 Å². The average molecular weight is 306 g/mol. The maximum atomic E-state index is 3.55. The first kappa shape index (κ1) is 15.4. The molecule has 3 heteroatoms. The maximum absolute atomic E-state index is 3.55. The highest BCUT2D eigenvalue weighted by Gasteiger charge is 2.43. The normalized spacial score (nSPS) is 38.0. The lowest BCUT2D eigenvalue weighted by molar-refractivity contribution is 0.0166. The van der Waals surface area contributed by atoms with Crippen molar-refractivity contribution in [2.45, 2.75) is 63.8 Å². The van der Waals surface area contributed by atoms with E-state index in [1.807, 2.05) is 0 Å². The molecular formula is C19H35N3. The molecule has 0 aromatic heterocycles. The van der Waals surface area contributed by atoms with Crippen molar-refractivity contribution in [3.8, 4) is 0 Å². The van der Waals surface area contributed by atoms with Crippen LogP contribution in [0, 0.1) is 10.8 Å². The van der Waals surface area contributed by atoms with E-state index in [9.17, 15) is 0 Å². The van der Waals surface area contributed by atoms with Crippen LogP contribution in [-0.2, 0) is 0 Å². The topological polar surface area (TPSA) is 18.5 Å². The molecule has 0 amide bonds. The van der Waals surface area contributed by atoms with E-state index >= 15 is 0 Å². The molecular weight excluding hydrogens is 270 g/mol. The van der Waals surface area contributed by atoms with Crippen LogP contribution in [-0.4, -0.2) is 62.2 Å². The highest BCUT2D eigenvalue weighted by atomic mass is 15.2. The predicted molar refractivity (Wildman–Crippen MR) is 92.1 cm³/mol. The molecule has 0 bridgehead atoms. The summed E-state index contributed by atoms with van der Waals surface area (Å²) >= 11 is 0. The van der Waals surface area contributed by atoms with E-state index in [1.54, 1.807) is 0 Å². The van der Waals surface area contributed by atoms with Gasteiger partial charge in [-0.05, 0) is 102 Å². The largest absolute Gasteiger partial charge is 0.317 e. The average Bonchev–Trinajstić information content (AvgIpc) is 2.89. The lowest BCUT2D eigenvalue weighted by Crippen LogP contribution is -2.51. The first-order valence-corrected chi connectivity index (χ1v) is 9.82. The van der Waals surface area contributed by atoms with Crippen LogP contribution in [0.15, 0.2) is 0 Å². The van der Waals surface area contributed by atoms with Crippen molar-refractivity contribution in [3.05, 3.63) is 0 Å². The molecule has 3 nitrogen and oxygen atoms in total. The van der Waals surface area contributed by atoms with Crippen LogP contribution in [0.2, 0.25) is 0 Å². The molecule has 2 spiro atoms. The molecule has 4 aliphatic rings. The molecule has 4 rings (SSSR count). The molecule has 126 valence electrons.